The van der Waals surface area contributed by atoms with Crippen molar-refractivity contribution in [3.8, 4) is 0 Å². The van der Waals surface area contributed by atoms with Crippen LogP contribution in [0.15, 0.2) is 0 Å². The molecule has 0 amide bonds. The average molecular weight is 323 g/mol. The molecule has 0 aliphatic heterocycles. The molecule has 0 N–H and O–H groups in total. The highest BCUT2D eigenvalue weighted by Gasteiger charge is 1.92. The predicted molar refractivity (Wildman–Crippen MR) is 101 cm³/mol. The number of halogens is 1. The van der Waals surface area contributed by atoms with Crippen molar-refractivity contribution in [1.82, 2.24) is 0 Å². The van der Waals surface area contributed by atoms with E-state index in [1.807, 2.05) is 0 Å². The molecule has 2 heteroatoms. The first-order valence-corrected chi connectivity index (χ1v) is 10.4. The SMILES string of the molecule is CCCCCCCCCCCCCCP.CCCCCl. The van der Waals surface area contributed by atoms with E-state index in [0.717, 1.165) is 12.3 Å². The summed E-state index contributed by atoms with van der Waals surface area (Å²) in [4.78, 5) is 0. The van der Waals surface area contributed by atoms with E-state index < -0.39 is 0 Å². The van der Waals surface area contributed by atoms with Crippen LogP contribution in [0.3, 0.4) is 0 Å². The quantitative estimate of drug-likeness (QED) is 0.175. The first kappa shape index (κ1) is 23.0. The maximum absolute atomic E-state index is 5.30. The van der Waals surface area contributed by atoms with Crippen molar-refractivity contribution in [2.75, 3.05) is 12.0 Å². The molecule has 0 heterocycles. The van der Waals surface area contributed by atoms with Gasteiger partial charge >= 0.3 is 0 Å². The second-order valence-corrected chi connectivity index (χ2v) is 6.68. The molecule has 0 fully saturated rings. The maximum Gasteiger partial charge on any atom is 0.0223 e. The average Bonchev–Trinajstić information content (AvgIpc) is 2.46. The summed E-state index contributed by atoms with van der Waals surface area (Å²) in [5, 5.41) is 0. The van der Waals surface area contributed by atoms with Crippen molar-refractivity contribution in [2.24, 2.45) is 0 Å². The molecular weight excluding hydrogens is 283 g/mol. The fourth-order valence-electron chi connectivity index (χ4n) is 2.12. The molecule has 0 saturated carbocycles. The molecule has 0 aromatic rings. The van der Waals surface area contributed by atoms with Gasteiger partial charge in [-0.15, -0.1) is 20.8 Å². The molecule has 20 heavy (non-hydrogen) atoms. The van der Waals surface area contributed by atoms with Crippen LogP contribution < -0.4 is 0 Å². The molecule has 0 aliphatic carbocycles. The Morgan fingerprint density at radius 2 is 0.900 bits per heavy atom. The molecule has 0 radical (unpaired) electrons. The van der Waals surface area contributed by atoms with E-state index in [0.29, 0.717) is 0 Å². The van der Waals surface area contributed by atoms with Crippen LogP contribution in [0.4, 0.5) is 0 Å². The van der Waals surface area contributed by atoms with Crippen molar-refractivity contribution in [3.05, 3.63) is 0 Å². The summed E-state index contributed by atoms with van der Waals surface area (Å²) in [6, 6.07) is 0. The van der Waals surface area contributed by atoms with E-state index in [9.17, 15) is 0 Å². The van der Waals surface area contributed by atoms with Crippen LogP contribution in [0.5, 0.6) is 0 Å². The van der Waals surface area contributed by atoms with E-state index in [1.54, 1.807) is 0 Å². The molecule has 0 spiro atoms. The lowest BCUT2D eigenvalue weighted by molar-refractivity contribution is 0.548. The van der Waals surface area contributed by atoms with Crippen LogP contribution >= 0.6 is 20.8 Å². The normalized spacial score (nSPS) is 10.2. The first-order valence-electron chi connectivity index (χ1n) is 9.09. The predicted octanol–water partition coefficient (Wildman–Crippen LogP) is 7.59. The molecule has 124 valence electrons. The number of hydrogen-bond donors (Lipinski definition) is 0. The van der Waals surface area contributed by atoms with Crippen LogP contribution in [0.1, 0.15) is 104 Å². The fraction of sp³-hybridized carbons (Fsp3) is 1.00. The van der Waals surface area contributed by atoms with E-state index in [4.69, 9.17) is 11.6 Å². The van der Waals surface area contributed by atoms with Crippen molar-refractivity contribution < 1.29 is 0 Å². The molecule has 0 aromatic carbocycles. The molecule has 0 rings (SSSR count). The Balaban J connectivity index is 0. The Kier molecular flexibility index (Phi) is 28.4. The Morgan fingerprint density at radius 3 is 1.15 bits per heavy atom. The van der Waals surface area contributed by atoms with Crippen molar-refractivity contribution in [1.29, 1.82) is 0 Å². The number of hydrogen-bond acceptors (Lipinski definition) is 0. The second kappa shape index (κ2) is 24.7. The first-order chi connectivity index (χ1) is 9.83. The minimum Gasteiger partial charge on any atom is -0.138 e. The van der Waals surface area contributed by atoms with Gasteiger partial charge < -0.3 is 0 Å². The zero-order valence-corrected chi connectivity index (χ0v) is 16.2. The monoisotopic (exact) mass is 322 g/mol. The third kappa shape index (κ3) is 27.1. The number of alkyl halides is 1. The van der Waals surface area contributed by atoms with Crippen molar-refractivity contribution in [2.45, 2.75) is 104 Å². The van der Waals surface area contributed by atoms with Gasteiger partial charge in [0.2, 0.25) is 0 Å². The molecule has 0 aliphatic rings. The summed E-state index contributed by atoms with van der Waals surface area (Å²) < 4.78 is 0. The van der Waals surface area contributed by atoms with Crippen LogP contribution in [-0.2, 0) is 0 Å². The fourth-order valence-corrected chi connectivity index (χ4v) is 2.67. The molecule has 0 bridgehead atoms. The summed E-state index contributed by atoms with van der Waals surface area (Å²) in [6.45, 7) is 4.41. The van der Waals surface area contributed by atoms with Gasteiger partial charge in [0.25, 0.3) is 0 Å². The lowest BCUT2D eigenvalue weighted by Gasteiger charge is -2.01. The zero-order valence-electron chi connectivity index (χ0n) is 14.3. The van der Waals surface area contributed by atoms with Gasteiger partial charge in [0.05, 0.1) is 0 Å². The summed E-state index contributed by atoms with van der Waals surface area (Å²) >= 11 is 5.30. The van der Waals surface area contributed by atoms with Crippen LogP contribution in [0.25, 0.3) is 0 Å². The van der Waals surface area contributed by atoms with E-state index in [2.05, 4.69) is 23.1 Å². The smallest absolute Gasteiger partial charge is 0.0223 e. The van der Waals surface area contributed by atoms with Crippen molar-refractivity contribution in [3.63, 3.8) is 0 Å². The molecule has 0 aromatic heterocycles. The maximum atomic E-state index is 5.30. The van der Waals surface area contributed by atoms with Gasteiger partial charge in [0, 0.05) is 5.88 Å². The highest BCUT2D eigenvalue weighted by Crippen LogP contribution is 2.12. The largest absolute Gasteiger partial charge is 0.138 e. The van der Waals surface area contributed by atoms with Crippen LogP contribution in [0.2, 0.25) is 0 Å². The number of rotatable bonds is 14. The van der Waals surface area contributed by atoms with Gasteiger partial charge in [0.1, 0.15) is 0 Å². The molecule has 0 saturated heterocycles. The lowest BCUT2D eigenvalue weighted by atomic mass is 10.1. The van der Waals surface area contributed by atoms with Crippen LogP contribution in [0, 0.1) is 0 Å². The molecule has 0 nitrogen and oxygen atoms in total. The molecule has 1 atom stereocenters. The Hall–Kier alpha value is 0.720. The minimum absolute atomic E-state index is 0.816. The van der Waals surface area contributed by atoms with E-state index >= 15 is 0 Å². The lowest BCUT2D eigenvalue weighted by Crippen LogP contribution is -1.82. The summed E-state index contributed by atoms with van der Waals surface area (Å²) in [7, 11) is 2.81. The summed E-state index contributed by atoms with van der Waals surface area (Å²) in [5.74, 6) is 0.816. The standard InChI is InChI=1S/C14H31P.C4H9Cl/c1-2-3-4-5-6-7-8-9-10-11-12-13-14-15;1-2-3-4-5/h2-15H2,1H3;2-4H2,1H3. The topological polar surface area (TPSA) is 0 Å². The van der Waals surface area contributed by atoms with Gasteiger partial charge in [-0.25, -0.2) is 0 Å². The third-order valence-corrected chi connectivity index (χ3v) is 4.22. The Labute approximate surface area is 137 Å². The third-order valence-electron chi connectivity index (χ3n) is 3.54. The summed E-state index contributed by atoms with van der Waals surface area (Å²) in [5.41, 5.74) is 0. The number of unbranched alkanes of at least 4 members (excludes halogenated alkanes) is 12. The van der Waals surface area contributed by atoms with Gasteiger partial charge in [-0.3, -0.25) is 0 Å². The van der Waals surface area contributed by atoms with Crippen LogP contribution in [-0.4, -0.2) is 12.0 Å². The highest BCUT2D eigenvalue weighted by atomic mass is 35.5. The Morgan fingerprint density at radius 1 is 0.550 bits per heavy atom. The minimum atomic E-state index is 0.816. The highest BCUT2D eigenvalue weighted by molar-refractivity contribution is 7.16. The molecular formula is C18H40ClP. The zero-order chi connectivity index (χ0) is 15.3. The van der Waals surface area contributed by atoms with Gasteiger partial charge in [-0.05, 0) is 19.0 Å². The molecule has 1 unspecified atom stereocenters. The Bertz CT molecular complexity index is 125. The second-order valence-electron chi connectivity index (χ2n) is 5.72. The van der Waals surface area contributed by atoms with Crippen molar-refractivity contribution >= 4 is 20.8 Å². The van der Waals surface area contributed by atoms with Gasteiger partial charge in [-0.2, -0.15) is 0 Å². The summed E-state index contributed by atoms with van der Waals surface area (Å²) in [6.07, 6.45) is 21.1. The van der Waals surface area contributed by atoms with E-state index in [1.165, 1.54) is 89.6 Å². The van der Waals surface area contributed by atoms with Gasteiger partial charge in [-0.1, -0.05) is 90.9 Å². The van der Waals surface area contributed by atoms with Gasteiger partial charge in [0.15, 0.2) is 0 Å². The van der Waals surface area contributed by atoms with E-state index in [-0.39, 0.29) is 0 Å².